The van der Waals surface area contributed by atoms with E-state index in [1.807, 2.05) is 30.5 Å². The van der Waals surface area contributed by atoms with Gasteiger partial charge in [0.05, 0.1) is 5.56 Å². The Kier molecular flexibility index (Phi) is 4.71. The molecule has 0 bridgehead atoms. The zero-order chi connectivity index (χ0) is 21.4. The van der Waals surface area contributed by atoms with Gasteiger partial charge in [-0.3, -0.25) is 9.59 Å². The molecule has 2 amide bonds. The van der Waals surface area contributed by atoms with Crippen LogP contribution in [-0.2, 0) is 0 Å². The van der Waals surface area contributed by atoms with Gasteiger partial charge < -0.3 is 21.4 Å². The van der Waals surface area contributed by atoms with E-state index in [1.165, 1.54) is 4.90 Å². The average molecular weight is 399 g/mol. The lowest BCUT2D eigenvalue weighted by Gasteiger charge is -2.13. The molecule has 7 heteroatoms. The number of carbonyl (C=O) groups is 2. The SMILES string of the molecule is CN(C)C(=O)c1cc(-c2cnc3[nH]cc(-c4ccc(C(N)=O)cc4)c3c2)ccc1N. The van der Waals surface area contributed by atoms with Crippen LogP contribution in [0, 0.1) is 0 Å². The lowest BCUT2D eigenvalue weighted by Crippen LogP contribution is -2.22. The molecule has 4 aromatic rings. The average Bonchev–Trinajstić information content (AvgIpc) is 3.16. The molecule has 0 aliphatic carbocycles. The van der Waals surface area contributed by atoms with Crippen molar-refractivity contribution >= 4 is 28.5 Å². The number of H-pyrrole nitrogens is 1. The van der Waals surface area contributed by atoms with Crippen molar-refractivity contribution < 1.29 is 9.59 Å². The van der Waals surface area contributed by atoms with Crippen LogP contribution in [0.4, 0.5) is 5.69 Å². The zero-order valence-electron chi connectivity index (χ0n) is 16.6. The zero-order valence-corrected chi connectivity index (χ0v) is 16.6. The number of hydrogen-bond donors (Lipinski definition) is 3. The third kappa shape index (κ3) is 3.37. The van der Waals surface area contributed by atoms with Crippen LogP contribution < -0.4 is 11.5 Å². The van der Waals surface area contributed by atoms with E-state index in [-0.39, 0.29) is 5.91 Å². The van der Waals surface area contributed by atoms with Crippen molar-refractivity contribution in [2.75, 3.05) is 19.8 Å². The van der Waals surface area contributed by atoms with Crippen LogP contribution in [0.3, 0.4) is 0 Å². The van der Waals surface area contributed by atoms with Crippen LogP contribution >= 0.6 is 0 Å². The van der Waals surface area contributed by atoms with Gasteiger partial charge in [0, 0.05) is 54.3 Å². The fourth-order valence-corrected chi connectivity index (χ4v) is 3.38. The molecule has 0 saturated heterocycles. The molecule has 30 heavy (non-hydrogen) atoms. The van der Waals surface area contributed by atoms with Gasteiger partial charge in [0.25, 0.3) is 5.91 Å². The number of hydrogen-bond acceptors (Lipinski definition) is 4. The molecule has 0 aliphatic rings. The molecular formula is C23H21N5O2. The van der Waals surface area contributed by atoms with E-state index in [2.05, 4.69) is 9.97 Å². The normalized spacial score (nSPS) is 10.9. The summed E-state index contributed by atoms with van der Waals surface area (Å²) in [6, 6.07) is 14.5. The van der Waals surface area contributed by atoms with Gasteiger partial charge in [0.1, 0.15) is 5.65 Å². The summed E-state index contributed by atoms with van der Waals surface area (Å²) >= 11 is 0. The summed E-state index contributed by atoms with van der Waals surface area (Å²) < 4.78 is 0. The molecular weight excluding hydrogens is 378 g/mol. The minimum Gasteiger partial charge on any atom is -0.398 e. The first kappa shape index (κ1) is 19.2. The molecule has 0 saturated carbocycles. The Morgan fingerprint density at radius 3 is 2.33 bits per heavy atom. The molecule has 2 aromatic heterocycles. The number of fused-ring (bicyclic) bond motifs is 1. The predicted molar refractivity (Wildman–Crippen MR) is 118 cm³/mol. The molecule has 0 fully saturated rings. The Balaban J connectivity index is 1.79. The second-order valence-corrected chi connectivity index (χ2v) is 7.27. The maximum Gasteiger partial charge on any atom is 0.255 e. The van der Waals surface area contributed by atoms with Crippen molar-refractivity contribution in [3.8, 4) is 22.3 Å². The van der Waals surface area contributed by atoms with Crippen molar-refractivity contribution in [1.29, 1.82) is 0 Å². The van der Waals surface area contributed by atoms with Gasteiger partial charge >= 0.3 is 0 Å². The van der Waals surface area contributed by atoms with E-state index in [0.717, 1.165) is 33.3 Å². The van der Waals surface area contributed by atoms with Crippen LogP contribution in [0.25, 0.3) is 33.3 Å². The Hall–Kier alpha value is -4.13. The molecule has 7 nitrogen and oxygen atoms in total. The Morgan fingerprint density at radius 1 is 0.967 bits per heavy atom. The first-order valence-electron chi connectivity index (χ1n) is 9.34. The number of aromatic amines is 1. The molecule has 150 valence electrons. The molecule has 0 unspecified atom stereocenters. The molecule has 0 aliphatic heterocycles. The summed E-state index contributed by atoms with van der Waals surface area (Å²) in [6.45, 7) is 0. The van der Waals surface area contributed by atoms with Gasteiger partial charge in [0.15, 0.2) is 0 Å². The van der Waals surface area contributed by atoms with E-state index >= 15 is 0 Å². The van der Waals surface area contributed by atoms with Gasteiger partial charge in [-0.15, -0.1) is 0 Å². The lowest BCUT2D eigenvalue weighted by molar-refractivity contribution is 0.0828. The molecule has 4 rings (SSSR count). The molecule has 0 atom stereocenters. The van der Waals surface area contributed by atoms with Gasteiger partial charge in [0.2, 0.25) is 5.91 Å². The first-order valence-corrected chi connectivity index (χ1v) is 9.34. The minimum absolute atomic E-state index is 0.153. The standard InChI is InChI=1S/C23H21N5O2/c1-28(2)23(30)18-9-15(7-8-20(18)24)16-10-17-19(12-27-22(17)26-11-16)13-3-5-14(6-4-13)21(25)29/h3-12H,24H2,1-2H3,(H2,25,29)(H,26,27). The fraction of sp³-hybridized carbons (Fsp3) is 0.0870. The second-order valence-electron chi connectivity index (χ2n) is 7.27. The van der Waals surface area contributed by atoms with E-state index in [1.54, 1.807) is 44.6 Å². The highest BCUT2D eigenvalue weighted by Gasteiger charge is 2.15. The summed E-state index contributed by atoms with van der Waals surface area (Å²) in [7, 11) is 3.38. The summed E-state index contributed by atoms with van der Waals surface area (Å²) in [5, 5.41) is 0.927. The number of nitrogens with one attached hydrogen (secondary N) is 1. The summed E-state index contributed by atoms with van der Waals surface area (Å²) in [6.07, 6.45) is 3.64. The maximum atomic E-state index is 12.4. The first-order chi connectivity index (χ1) is 14.3. The number of rotatable bonds is 4. The van der Waals surface area contributed by atoms with Crippen molar-refractivity contribution in [2.45, 2.75) is 0 Å². The second kappa shape index (κ2) is 7.36. The highest BCUT2D eigenvalue weighted by Crippen LogP contribution is 2.32. The quantitative estimate of drug-likeness (QED) is 0.456. The van der Waals surface area contributed by atoms with Crippen LogP contribution in [0.2, 0.25) is 0 Å². The number of benzene rings is 2. The van der Waals surface area contributed by atoms with Gasteiger partial charge in [-0.05, 0) is 41.5 Å². The number of amides is 2. The van der Waals surface area contributed by atoms with Crippen molar-refractivity contribution in [3.63, 3.8) is 0 Å². The lowest BCUT2D eigenvalue weighted by atomic mass is 9.99. The Labute approximate surface area is 173 Å². The molecule has 5 N–H and O–H groups in total. The number of anilines is 1. The van der Waals surface area contributed by atoms with Crippen LogP contribution in [0.1, 0.15) is 20.7 Å². The van der Waals surface area contributed by atoms with Crippen LogP contribution in [-0.4, -0.2) is 40.8 Å². The van der Waals surface area contributed by atoms with E-state index in [4.69, 9.17) is 11.5 Å². The van der Waals surface area contributed by atoms with Crippen molar-refractivity contribution in [2.24, 2.45) is 5.73 Å². The summed E-state index contributed by atoms with van der Waals surface area (Å²) in [5.41, 5.74) is 17.0. The van der Waals surface area contributed by atoms with Gasteiger partial charge in [-0.1, -0.05) is 18.2 Å². The molecule has 0 spiro atoms. The van der Waals surface area contributed by atoms with Crippen LogP contribution in [0.5, 0.6) is 0 Å². The highest BCUT2D eigenvalue weighted by atomic mass is 16.2. The van der Waals surface area contributed by atoms with E-state index in [9.17, 15) is 9.59 Å². The van der Waals surface area contributed by atoms with Crippen molar-refractivity contribution in [3.05, 3.63) is 72.1 Å². The molecule has 2 heterocycles. The van der Waals surface area contributed by atoms with Crippen LogP contribution in [0.15, 0.2) is 60.9 Å². The topological polar surface area (TPSA) is 118 Å². The number of carbonyl (C=O) groups excluding carboxylic acids is 2. The highest BCUT2D eigenvalue weighted by molar-refractivity contribution is 6.01. The van der Waals surface area contributed by atoms with Gasteiger partial charge in [-0.25, -0.2) is 4.98 Å². The number of primary amides is 1. The number of nitrogens with two attached hydrogens (primary N) is 2. The number of nitrogens with zero attached hydrogens (tertiary/aromatic N) is 2. The minimum atomic E-state index is -0.462. The monoisotopic (exact) mass is 399 g/mol. The van der Waals surface area contributed by atoms with Gasteiger partial charge in [-0.2, -0.15) is 0 Å². The third-order valence-corrected chi connectivity index (χ3v) is 5.03. The number of pyridine rings is 1. The van der Waals surface area contributed by atoms with E-state index < -0.39 is 5.91 Å². The predicted octanol–water partition coefficient (Wildman–Crippen LogP) is 3.28. The fourth-order valence-electron chi connectivity index (χ4n) is 3.38. The number of aromatic nitrogens is 2. The molecule has 0 radical (unpaired) electrons. The third-order valence-electron chi connectivity index (χ3n) is 5.03. The Bertz CT molecular complexity index is 1270. The Morgan fingerprint density at radius 2 is 1.67 bits per heavy atom. The number of nitrogen functional groups attached to an aromatic ring is 1. The largest absolute Gasteiger partial charge is 0.398 e. The summed E-state index contributed by atoms with van der Waals surface area (Å²) in [5.74, 6) is -0.615. The smallest absolute Gasteiger partial charge is 0.255 e. The van der Waals surface area contributed by atoms with E-state index in [0.29, 0.717) is 16.8 Å². The van der Waals surface area contributed by atoms with Crippen molar-refractivity contribution in [1.82, 2.24) is 14.9 Å². The summed E-state index contributed by atoms with van der Waals surface area (Å²) in [4.78, 5) is 32.9. The maximum absolute atomic E-state index is 12.4. The molecule has 2 aromatic carbocycles.